The van der Waals surface area contributed by atoms with Gasteiger partial charge in [-0.25, -0.2) is 9.36 Å². The number of benzene rings is 2. The zero-order valence-electron chi connectivity index (χ0n) is 24.8. The molecule has 2 heterocycles. The maximum absolute atomic E-state index is 13.8. The molecule has 10 nitrogen and oxygen atoms in total. The number of nitrogens with zero attached hydrogens (tertiary/aromatic N) is 1. The van der Waals surface area contributed by atoms with Gasteiger partial charge in [0.2, 0.25) is 0 Å². The van der Waals surface area contributed by atoms with Crippen molar-refractivity contribution in [2.75, 3.05) is 27.4 Å². The van der Waals surface area contributed by atoms with Crippen LogP contribution >= 0.6 is 0 Å². The Morgan fingerprint density at radius 2 is 1.79 bits per heavy atom. The first-order valence-corrected chi connectivity index (χ1v) is 14.1. The van der Waals surface area contributed by atoms with Crippen molar-refractivity contribution >= 4 is 28.9 Å². The average Bonchev–Trinajstić information content (AvgIpc) is 3.29. The molecule has 2 aromatic carbocycles. The lowest BCUT2D eigenvalue weighted by Gasteiger charge is -2.24. The summed E-state index contributed by atoms with van der Waals surface area (Å²) in [5.74, 6) is -2.82. The molecule has 3 aromatic rings. The maximum atomic E-state index is 13.8. The molecule has 1 aromatic heterocycles. The molecular formula is C32H39NO9. The van der Waals surface area contributed by atoms with Crippen molar-refractivity contribution in [2.24, 2.45) is 0 Å². The third-order valence-electron chi connectivity index (χ3n) is 6.86. The van der Waals surface area contributed by atoms with Crippen LogP contribution in [0, 0.1) is 0 Å². The van der Waals surface area contributed by atoms with Crippen LogP contribution in [-0.2, 0) is 46.3 Å². The van der Waals surface area contributed by atoms with E-state index in [0.29, 0.717) is 28.8 Å². The predicted octanol–water partition coefficient (Wildman–Crippen LogP) is 5.52. The van der Waals surface area contributed by atoms with Crippen molar-refractivity contribution in [1.29, 1.82) is 0 Å². The second-order valence-corrected chi connectivity index (χ2v) is 11.0. The molecule has 0 bridgehead atoms. The minimum Gasteiger partial charge on any atom is -0.497 e. The molecule has 10 heteroatoms. The van der Waals surface area contributed by atoms with E-state index in [2.05, 4.69) is 0 Å². The van der Waals surface area contributed by atoms with Crippen molar-refractivity contribution in [1.82, 2.24) is 4.57 Å². The van der Waals surface area contributed by atoms with Gasteiger partial charge in [-0.1, -0.05) is 30.3 Å². The number of methoxy groups -OCH3 is 2. The Kier molecular flexibility index (Phi) is 10.2. The number of carbonyl (C=O) groups excluding carboxylic acids is 3. The molecule has 1 fully saturated rings. The SMILES string of the molecule is COC(=O)C(C(=O)OCc1ccccc1)c1c(CCOC2CCCCO2)c2ccc(OC)cc2n1C(=O)OC(C)(C)C. The Morgan fingerprint density at radius 3 is 2.43 bits per heavy atom. The summed E-state index contributed by atoms with van der Waals surface area (Å²) in [6.07, 6.45) is 1.94. The summed E-state index contributed by atoms with van der Waals surface area (Å²) in [5, 5.41) is 0.634. The first-order chi connectivity index (χ1) is 20.1. The van der Waals surface area contributed by atoms with Crippen molar-refractivity contribution in [3.63, 3.8) is 0 Å². The Bertz CT molecular complexity index is 1380. The summed E-state index contributed by atoms with van der Waals surface area (Å²) < 4.78 is 34.9. The molecule has 4 rings (SSSR count). The summed E-state index contributed by atoms with van der Waals surface area (Å²) in [7, 11) is 2.70. The first-order valence-electron chi connectivity index (χ1n) is 14.1. The first kappa shape index (κ1) is 31.1. The van der Waals surface area contributed by atoms with E-state index in [4.69, 9.17) is 28.4 Å². The van der Waals surface area contributed by atoms with E-state index < -0.39 is 29.6 Å². The summed E-state index contributed by atoms with van der Waals surface area (Å²) in [6, 6.07) is 14.3. The van der Waals surface area contributed by atoms with Gasteiger partial charge >= 0.3 is 18.0 Å². The Morgan fingerprint density at radius 1 is 1.02 bits per heavy atom. The minimum absolute atomic E-state index is 0.0644. The van der Waals surface area contributed by atoms with E-state index >= 15 is 0 Å². The largest absolute Gasteiger partial charge is 0.497 e. The normalized spacial score (nSPS) is 16.1. The molecule has 0 spiro atoms. The average molecular weight is 582 g/mol. The number of carbonyl (C=O) groups is 3. The van der Waals surface area contributed by atoms with Crippen LogP contribution in [0.15, 0.2) is 48.5 Å². The minimum atomic E-state index is -1.58. The summed E-state index contributed by atoms with van der Waals surface area (Å²) in [5.41, 5.74) is 0.951. The van der Waals surface area contributed by atoms with Crippen molar-refractivity contribution in [3.8, 4) is 5.75 Å². The molecule has 226 valence electrons. The standard InChI is InChI=1S/C32H39NO9/c1-32(2,3)42-31(36)33-25-19-22(37-4)14-15-23(25)24(16-18-40-26-13-9-10-17-39-26)28(33)27(29(34)38-5)30(35)41-20-21-11-7-6-8-12-21/h6-8,11-12,14-15,19,26-27H,9-10,13,16-18,20H2,1-5H3. The lowest BCUT2D eigenvalue weighted by Crippen LogP contribution is -2.33. The van der Waals surface area contributed by atoms with Gasteiger partial charge in [-0.15, -0.1) is 0 Å². The lowest BCUT2D eigenvalue weighted by atomic mass is 9.98. The number of aromatic nitrogens is 1. The van der Waals surface area contributed by atoms with Crippen molar-refractivity contribution < 1.29 is 42.8 Å². The molecule has 1 aliphatic heterocycles. The van der Waals surface area contributed by atoms with Crippen LogP contribution in [0.5, 0.6) is 5.75 Å². The molecule has 1 saturated heterocycles. The van der Waals surface area contributed by atoms with Gasteiger partial charge in [-0.05, 0) is 69.7 Å². The van der Waals surface area contributed by atoms with E-state index in [0.717, 1.165) is 24.8 Å². The predicted molar refractivity (Wildman–Crippen MR) is 154 cm³/mol. The zero-order chi connectivity index (χ0) is 30.3. The number of ether oxygens (including phenoxy) is 6. The number of rotatable bonds is 10. The van der Waals surface area contributed by atoms with Gasteiger partial charge in [0.25, 0.3) is 0 Å². The molecule has 0 amide bonds. The van der Waals surface area contributed by atoms with Gasteiger partial charge in [0.1, 0.15) is 18.0 Å². The zero-order valence-corrected chi connectivity index (χ0v) is 24.8. The van der Waals surface area contributed by atoms with Crippen LogP contribution in [0.1, 0.15) is 62.8 Å². The lowest BCUT2D eigenvalue weighted by molar-refractivity contribution is -0.162. The van der Waals surface area contributed by atoms with Crippen LogP contribution in [0.2, 0.25) is 0 Å². The Balaban J connectivity index is 1.83. The molecule has 1 aliphatic rings. The number of hydrogen-bond donors (Lipinski definition) is 0. The molecule has 0 aliphatic carbocycles. The summed E-state index contributed by atoms with van der Waals surface area (Å²) >= 11 is 0. The van der Waals surface area contributed by atoms with Crippen LogP contribution in [0.3, 0.4) is 0 Å². The Hall–Kier alpha value is -3.89. The fraction of sp³-hybridized carbons (Fsp3) is 0.469. The highest BCUT2D eigenvalue weighted by Crippen LogP contribution is 2.36. The fourth-order valence-corrected chi connectivity index (χ4v) is 4.94. The van der Waals surface area contributed by atoms with Crippen LogP contribution < -0.4 is 4.74 Å². The van der Waals surface area contributed by atoms with Gasteiger partial charge in [0.05, 0.1) is 32.0 Å². The van der Waals surface area contributed by atoms with Crippen LogP contribution in [0.4, 0.5) is 4.79 Å². The summed E-state index contributed by atoms with van der Waals surface area (Å²) in [6.45, 7) is 6.01. The fourth-order valence-electron chi connectivity index (χ4n) is 4.94. The monoisotopic (exact) mass is 581 g/mol. The maximum Gasteiger partial charge on any atom is 0.419 e. The van der Waals surface area contributed by atoms with E-state index in [1.54, 1.807) is 51.1 Å². The topological polar surface area (TPSA) is 112 Å². The second-order valence-electron chi connectivity index (χ2n) is 11.0. The molecule has 0 radical (unpaired) electrons. The van der Waals surface area contributed by atoms with E-state index in [-0.39, 0.29) is 31.6 Å². The van der Waals surface area contributed by atoms with E-state index in [9.17, 15) is 14.4 Å². The quantitative estimate of drug-likeness (QED) is 0.174. The molecular weight excluding hydrogens is 542 g/mol. The molecule has 2 atom stereocenters. The Labute approximate surface area is 245 Å². The van der Waals surface area contributed by atoms with Gasteiger partial charge in [-0.3, -0.25) is 9.59 Å². The third-order valence-corrected chi connectivity index (χ3v) is 6.86. The van der Waals surface area contributed by atoms with Crippen molar-refractivity contribution in [3.05, 3.63) is 65.4 Å². The number of hydrogen-bond acceptors (Lipinski definition) is 9. The van der Waals surface area contributed by atoms with Gasteiger partial charge in [-0.2, -0.15) is 0 Å². The van der Waals surface area contributed by atoms with Crippen LogP contribution in [-0.4, -0.2) is 61.9 Å². The number of fused-ring (bicyclic) bond motifs is 1. The molecule has 42 heavy (non-hydrogen) atoms. The van der Waals surface area contributed by atoms with Crippen LogP contribution in [0.25, 0.3) is 10.9 Å². The molecule has 2 unspecified atom stereocenters. The highest BCUT2D eigenvalue weighted by atomic mass is 16.7. The smallest absolute Gasteiger partial charge is 0.419 e. The highest BCUT2D eigenvalue weighted by Gasteiger charge is 2.40. The second kappa shape index (κ2) is 13.8. The third kappa shape index (κ3) is 7.49. The molecule has 0 N–H and O–H groups in total. The van der Waals surface area contributed by atoms with Crippen molar-refractivity contribution in [2.45, 2.75) is 70.9 Å². The van der Waals surface area contributed by atoms with Gasteiger partial charge < -0.3 is 28.4 Å². The van der Waals surface area contributed by atoms with E-state index in [1.165, 1.54) is 18.8 Å². The summed E-state index contributed by atoms with van der Waals surface area (Å²) in [4.78, 5) is 40.8. The van der Waals surface area contributed by atoms with Gasteiger partial charge in [0, 0.05) is 18.1 Å². The van der Waals surface area contributed by atoms with Gasteiger partial charge in [0.15, 0.2) is 12.2 Å². The molecule has 0 saturated carbocycles. The highest BCUT2D eigenvalue weighted by molar-refractivity contribution is 6.05. The number of esters is 2. The van der Waals surface area contributed by atoms with E-state index in [1.807, 2.05) is 18.2 Å².